The van der Waals surface area contributed by atoms with Gasteiger partial charge in [-0.05, 0) is 38.5 Å². The Kier molecular flexibility index (Phi) is 4.61. The van der Waals surface area contributed by atoms with Crippen LogP contribution in [0, 0.1) is 0 Å². The highest BCUT2D eigenvalue weighted by molar-refractivity contribution is 5.68. The standard InChI is InChI=1S/C19H24N4O2/c1-5-15-14(7-6-9-20-15)11-23-13-21-16-12-22(10-8-17(16)23)18(24)25-19(2,3)4/h5-7,9,13H,1,8,10-12H2,2-4H3. The second-order valence-electron chi connectivity index (χ2n) is 7.17. The second kappa shape index (κ2) is 6.70. The fraction of sp³-hybridized carbons (Fsp3) is 0.421. The van der Waals surface area contributed by atoms with E-state index in [1.807, 2.05) is 39.2 Å². The predicted octanol–water partition coefficient (Wildman–Crippen LogP) is 3.26. The third kappa shape index (κ3) is 3.90. The van der Waals surface area contributed by atoms with Crippen molar-refractivity contribution in [3.8, 4) is 0 Å². The third-order valence-corrected chi connectivity index (χ3v) is 4.10. The number of amides is 1. The zero-order chi connectivity index (χ0) is 18.0. The van der Waals surface area contributed by atoms with Crippen LogP contribution < -0.4 is 0 Å². The number of imidazole rings is 1. The van der Waals surface area contributed by atoms with E-state index in [2.05, 4.69) is 21.1 Å². The van der Waals surface area contributed by atoms with Gasteiger partial charge in [0.1, 0.15) is 5.60 Å². The summed E-state index contributed by atoms with van der Waals surface area (Å²) in [6, 6.07) is 3.97. The Morgan fingerprint density at radius 2 is 2.20 bits per heavy atom. The monoisotopic (exact) mass is 340 g/mol. The average molecular weight is 340 g/mol. The first-order chi connectivity index (χ1) is 11.9. The lowest BCUT2D eigenvalue weighted by atomic mass is 10.1. The smallest absolute Gasteiger partial charge is 0.410 e. The van der Waals surface area contributed by atoms with Crippen LogP contribution in [0.3, 0.4) is 0 Å². The molecular formula is C19H24N4O2. The summed E-state index contributed by atoms with van der Waals surface area (Å²) in [6.45, 7) is 11.3. The SMILES string of the molecule is C=Cc1ncccc1Cn1cnc2c1CCN(C(=O)OC(C)(C)C)C2. The number of fused-ring (bicyclic) bond motifs is 1. The van der Waals surface area contributed by atoms with Crippen LogP contribution in [0.1, 0.15) is 43.4 Å². The maximum atomic E-state index is 12.3. The molecule has 0 N–H and O–H groups in total. The molecule has 0 saturated carbocycles. The van der Waals surface area contributed by atoms with Crippen LogP contribution in [0.2, 0.25) is 0 Å². The van der Waals surface area contributed by atoms with E-state index >= 15 is 0 Å². The Labute approximate surface area is 148 Å². The summed E-state index contributed by atoms with van der Waals surface area (Å²) in [4.78, 5) is 22.8. The van der Waals surface area contributed by atoms with Crippen molar-refractivity contribution >= 4 is 12.2 Å². The van der Waals surface area contributed by atoms with Gasteiger partial charge in [0.25, 0.3) is 0 Å². The van der Waals surface area contributed by atoms with Gasteiger partial charge < -0.3 is 14.2 Å². The van der Waals surface area contributed by atoms with Gasteiger partial charge in [-0.3, -0.25) is 4.98 Å². The molecule has 6 heteroatoms. The summed E-state index contributed by atoms with van der Waals surface area (Å²) in [6.07, 6.45) is 5.85. The number of hydrogen-bond donors (Lipinski definition) is 0. The maximum Gasteiger partial charge on any atom is 0.410 e. The van der Waals surface area contributed by atoms with Crippen LogP contribution in [0.25, 0.3) is 6.08 Å². The first-order valence-electron chi connectivity index (χ1n) is 8.44. The summed E-state index contributed by atoms with van der Waals surface area (Å²) in [5, 5.41) is 0. The molecule has 0 aromatic carbocycles. The topological polar surface area (TPSA) is 60.2 Å². The molecule has 25 heavy (non-hydrogen) atoms. The fourth-order valence-corrected chi connectivity index (χ4v) is 2.94. The molecule has 3 heterocycles. The van der Waals surface area contributed by atoms with Gasteiger partial charge in [-0.25, -0.2) is 9.78 Å². The summed E-state index contributed by atoms with van der Waals surface area (Å²) in [5.74, 6) is 0. The molecule has 0 atom stereocenters. The van der Waals surface area contributed by atoms with Gasteiger partial charge in [0, 0.05) is 24.9 Å². The molecule has 132 valence electrons. The summed E-state index contributed by atoms with van der Waals surface area (Å²) >= 11 is 0. The maximum absolute atomic E-state index is 12.3. The number of carbonyl (C=O) groups is 1. The summed E-state index contributed by atoms with van der Waals surface area (Å²) in [5.41, 5.74) is 3.60. The highest BCUT2D eigenvalue weighted by atomic mass is 16.6. The van der Waals surface area contributed by atoms with Gasteiger partial charge in [-0.1, -0.05) is 12.6 Å². The number of ether oxygens (including phenoxy) is 1. The van der Waals surface area contributed by atoms with Crippen LogP contribution in [0.15, 0.2) is 31.2 Å². The minimum absolute atomic E-state index is 0.283. The quantitative estimate of drug-likeness (QED) is 0.860. The number of pyridine rings is 1. The molecule has 0 aliphatic carbocycles. The predicted molar refractivity (Wildman–Crippen MR) is 96.0 cm³/mol. The Hall–Kier alpha value is -2.63. The Morgan fingerprint density at radius 3 is 2.92 bits per heavy atom. The molecule has 1 aliphatic rings. The Bertz CT molecular complexity index is 789. The van der Waals surface area contributed by atoms with Gasteiger partial charge in [0.15, 0.2) is 0 Å². The van der Waals surface area contributed by atoms with E-state index in [9.17, 15) is 4.79 Å². The van der Waals surface area contributed by atoms with E-state index in [4.69, 9.17) is 4.74 Å². The molecule has 2 aromatic heterocycles. The Morgan fingerprint density at radius 1 is 1.40 bits per heavy atom. The fourth-order valence-electron chi connectivity index (χ4n) is 2.94. The highest BCUT2D eigenvalue weighted by Crippen LogP contribution is 2.21. The van der Waals surface area contributed by atoms with Crippen molar-refractivity contribution in [2.24, 2.45) is 0 Å². The van der Waals surface area contributed by atoms with Crippen LogP contribution in [-0.2, 0) is 24.2 Å². The van der Waals surface area contributed by atoms with Crippen molar-refractivity contribution in [1.82, 2.24) is 19.4 Å². The lowest BCUT2D eigenvalue weighted by Gasteiger charge is -2.30. The second-order valence-corrected chi connectivity index (χ2v) is 7.17. The van der Waals surface area contributed by atoms with E-state index in [-0.39, 0.29) is 6.09 Å². The molecule has 0 radical (unpaired) electrons. The lowest BCUT2D eigenvalue weighted by molar-refractivity contribution is 0.0220. The Balaban J connectivity index is 1.75. The lowest BCUT2D eigenvalue weighted by Crippen LogP contribution is -2.40. The van der Waals surface area contributed by atoms with Crippen molar-refractivity contribution in [2.45, 2.75) is 45.9 Å². The first-order valence-corrected chi connectivity index (χ1v) is 8.44. The number of nitrogens with zero attached hydrogens (tertiary/aromatic N) is 4. The number of rotatable bonds is 3. The average Bonchev–Trinajstić information content (AvgIpc) is 2.96. The number of carbonyl (C=O) groups excluding carboxylic acids is 1. The van der Waals surface area contributed by atoms with Crippen molar-refractivity contribution in [2.75, 3.05) is 6.54 Å². The number of hydrogen-bond acceptors (Lipinski definition) is 4. The van der Waals surface area contributed by atoms with Gasteiger partial charge in [0.2, 0.25) is 0 Å². The summed E-state index contributed by atoms with van der Waals surface area (Å²) in [7, 11) is 0. The van der Waals surface area contributed by atoms with Crippen molar-refractivity contribution in [3.63, 3.8) is 0 Å². The molecule has 0 spiro atoms. The number of aromatic nitrogens is 3. The van der Waals surface area contributed by atoms with E-state index in [0.717, 1.165) is 23.4 Å². The first kappa shape index (κ1) is 17.2. The molecule has 1 aliphatic heterocycles. The molecule has 0 saturated heterocycles. The summed E-state index contributed by atoms with van der Waals surface area (Å²) < 4.78 is 7.59. The largest absolute Gasteiger partial charge is 0.444 e. The van der Waals surface area contributed by atoms with Crippen LogP contribution >= 0.6 is 0 Å². The zero-order valence-corrected chi connectivity index (χ0v) is 15.0. The minimum atomic E-state index is -0.488. The molecule has 2 aromatic rings. The molecule has 0 unspecified atom stereocenters. The van der Waals surface area contributed by atoms with E-state index in [0.29, 0.717) is 19.6 Å². The van der Waals surface area contributed by atoms with Crippen molar-refractivity contribution < 1.29 is 9.53 Å². The van der Waals surface area contributed by atoms with Crippen LogP contribution in [0.4, 0.5) is 4.79 Å². The minimum Gasteiger partial charge on any atom is -0.444 e. The molecule has 0 bridgehead atoms. The zero-order valence-electron chi connectivity index (χ0n) is 15.0. The van der Waals surface area contributed by atoms with Gasteiger partial charge in [0.05, 0.1) is 30.8 Å². The van der Waals surface area contributed by atoms with Gasteiger partial charge in [-0.2, -0.15) is 0 Å². The molecular weight excluding hydrogens is 316 g/mol. The third-order valence-electron chi connectivity index (χ3n) is 4.10. The van der Waals surface area contributed by atoms with Crippen molar-refractivity contribution in [3.05, 3.63) is 53.9 Å². The van der Waals surface area contributed by atoms with Crippen molar-refractivity contribution in [1.29, 1.82) is 0 Å². The van der Waals surface area contributed by atoms with Gasteiger partial charge >= 0.3 is 6.09 Å². The molecule has 1 amide bonds. The molecule has 0 fully saturated rings. The molecule has 3 rings (SSSR count). The van der Waals surface area contributed by atoms with Gasteiger partial charge in [-0.15, -0.1) is 0 Å². The van der Waals surface area contributed by atoms with E-state index in [1.165, 1.54) is 5.69 Å². The van der Waals surface area contributed by atoms with Crippen LogP contribution in [-0.4, -0.2) is 37.7 Å². The highest BCUT2D eigenvalue weighted by Gasteiger charge is 2.28. The van der Waals surface area contributed by atoms with E-state index < -0.39 is 5.60 Å². The molecule has 6 nitrogen and oxygen atoms in total. The van der Waals surface area contributed by atoms with E-state index in [1.54, 1.807) is 17.2 Å². The van der Waals surface area contributed by atoms with Crippen LogP contribution in [0.5, 0.6) is 0 Å². The normalized spacial score (nSPS) is 14.1.